The third-order valence-corrected chi connectivity index (χ3v) is 4.94. The summed E-state index contributed by atoms with van der Waals surface area (Å²) in [5.41, 5.74) is 6.29. The maximum atomic E-state index is 11.7. The average molecular weight is 332 g/mol. The smallest absolute Gasteiger partial charge is 0.241 e. The van der Waals surface area contributed by atoms with Crippen LogP contribution in [0.5, 0.6) is 0 Å². The average Bonchev–Trinajstić information content (AvgIpc) is 3.05. The number of hydrazone groups is 1. The standard InChI is InChI=1S/C20H20N4O/c1-13(14-6-4-3-5-7-14)19-22-16-9-8-15(10-17(16)23-19)20(2)11-18(25)24-21-12-20/h3-10,12-13H,11H2,1-2H3,(H,22,23)(H,24,25). The molecule has 0 spiro atoms. The number of hydrogen-bond acceptors (Lipinski definition) is 3. The van der Waals surface area contributed by atoms with Gasteiger partial charge in [-0.1, -0.05) is 43.3 Å². The maximum absolute atomic E-state index is 11.7. The van der Waals surface area contributed by atoms with Crippen molar-refractivity contribution in [2.75, 3.05) is 0 Å². The van der Waals surface area contributed by atoms with Crippen LogP contribution in [0.2, 0.25) is 0 Å². The molecule has 0 saturated heterocycles. The molecule has 2 aromatic carbocycles. The molecule has 0 fully saturated rings. The first kappa shape index (κ1) is 15.6. The lowest BCUT2D eigenvalue weighted by atomic mass is 9.79. The van der Waals surface area contributed by atoms with Crippen molar-refractivity contribution in [3.63, 3.8) is 0 Å². The molecule has 25 heavy (non-hydrogen) atoms. The Bertz CT molecular complexity index is 960. The first-order chi connectivity index (χ1) is 12.0. The van der Waals surface area contributed by atoms with Crippen LogP contribution in [-0.4, -0.2) is 22.1 Å². The summed E-state index contributed by atoms with van der Waals surface area (Å²) >= 11 is 0. The Kier molecular flexibility index (Phi) is 3.64. The van der Waals surface area contributed by atoms with Gasteiger partial charge in [0.15, 0.2) is 0 Å². The lowest BCUT2D eigenvalue weighted by Crippen LogP contribution is -2.37. The molecule has 2 N–H and O–H groups in total. The van der Waals surface area contributed by atoms with Gasteiger partial charge in [-0.15, -0.1) is 0 Å². The quantitative estimate of drug-likeness (QED) is 0.771. The molecule has 0 bridgehead atoms. The molecular weight excluding hydrogens is 312 g/mol. The molecule has 0 saturated carbocycles. The molecule has 1 amide bonds. The number of nitrogens with one attached hydrogen (secondary N) is 2. The van der Waals surface area contributed by atoms with Crippen LogP contribution in [0, 0.1) is 0 Å². The third-order valence-electron chi connectivity index (χ3n) is 4.94. The Morgan fingerprint density at radius 2 is 1.96 bits per heavy atom. The van der Waals surface area contributed by atoms with Gasteiger partial charge in [0.1, 0.15) is 5.82 Å². The molecular formula is C20H20N4O. The minimum atomic E-state index is -0.396. The first-order valence-electron chi connectivity index (χ1n) is 8.43. The summed E-state index contributed by atoms with van der Waals surface area (Å²) in [6.07, 6.45) is 2.20. The largest absolute Gasteiger partial charge is 0.341 e. The van der Waals surface area contributed by atoms with Gasteiger partial charge >= 0.3 is 0 Å². The van der Waals surface area contributed by atoms with Crippen molar-refractivity contribution < 1.29 is 4.79 Å². The molecule has 5 nitrogen and oxygen atoms in total. The van der Waals surface area contributed by atoms with Crippen LogP contribution < -0.4 is 5.43 Å². The highest BCUT2D eigenvalue weighted by Crippen LogP contribution is 2.31. The molecule has 0 aliphatic carbocycles. The summed E-state index contributed by atoms with van der Waals surface area (Å²) in [5, 5.41) is 3.99. The zero-order valence-corrected chi connectivity index (χ0v) is 14.3. The molecule has 0 radical (unpaired) electrons. The Hall–Kier alpha value is -2.95. The number of amides is 1. The van der Waals surface area contributed by atoms with Crippen LogP contribution in [0.3, 0.4) is 0 Å². The van der Waals surface area contributed by atoms with Crippen molar-refractivity contribution in [2.24, 2.45) is 5.10 Å². The predicted octanol–water partition coefficient (Wildman–Crippen LogP) is 3.48. The number of rotatable bonds is 3. The minimum Gasteiger partial charge on any atom is -0.341 e. The highest BCUT2D eigenvalue weighted by atomic mass is 16.2. The van der Waals surface area contributed by atoms with E-state index in [1.807, 2.05) is 37.3 Å². The number of carbonyl (C=O) groups excluding carboxylic acids is 1. The van der Waals surface area contributed by atoms with E-state index in [9.17, 15) is 4.79 Å². The lowest BCUT2D eigenvalue weighted by Gasteiger charge is -2.27. The number of aromatic nitrogens is 2. The van der Waals surface area contributed by atoms with Gasteiger partial charge in [0, 0.05) is 24.0 Å². The first-order valence-corrected chi connectivity index (χ1v) is 8.43. The van der Waals surface area contributed by atoms with Crippen molar-refractivity contribution in [1.82, 2.24) is 15.4 Å². The Balaban J connectivity index is 1.72. The van der Waals surface area contributed by atoms with Crippen LogP contribution in [0.25, 0.3) is 11.0 Å². The van der Waals surface area contributed by atoms with Gasteiger partial charge < -0.3 is 4.98 Å². The SMILES string of the molecule is CC(c1ccccc1)c1nc2ccc(C3(C)C=NNC(=O)C3)cc2[nH]1. The fraction of sp³-hybridized carbons (Fsp3) is 0.250. The fourth-order valence-corrected chi connectivity index (χ4v) is 3.33. The highest BCUT2D eigenvalue weighted by molar-refractivity contribution is 5.90. The van der Waals surface area contributed by atoms with Crippen molar-refractivity contribution in [2.45, 2.75) is 31.6 Å². The Morgan fingerprint density at radius 3 is 2.72 bits per heavy atom. The zero-order valence-electron chi connectivity index (χ0n) is 14.3. The number of H-pyrrole nitrogens is 1. The zero-order chi connectivity index (χ0) is 17.4. The van der Waals surface area contributed by atoms with E-state index in [4.69, 9.17) is 4.98 Å². The molecule has 2 unspecified atom stereocenters. The molecule has 1 aliphatic rings. The van der Waals surface area contributed by atoms with Gasteiger partial charge in [-0.2, -0.15) is 5.10 Å². The van der Waals surface area contributed by atoms with Crippen molar-refractivity contribution in [3.05, 3.63) is 65.5 Å². The summed E-state index contributed by atoms with van der Waals surface area (Å²) < 4.78 is 0. The van der Waals surface area contributed by atoms with E-state index >= 15 is 0 Å². The second kappa shape index (κ2) is 5.84. The van der Waals surface area contributed by atoms with E-state index in [-0.39, 0.29) is 11.8 Å². The maximum Gasteiger partial charge on any atom is 0.241 e. The molecule has 3 aromatic rings. The molecule has 5 heteroatoms. The molecule has 1 aromatic heterocycles. The van der Waals surface area contributed by atoms with Gasteiger partial charge in [0.2, 0.25) is 5.91 Å². The van der Waals surface area contributed by atoms with Crippen LogP contribution in [0.15, 0.2) is 53.6 Å². The molecule has 2 heterocycles. The molecule has 126 valence electrons. The Labute approximate surface area is 146 Å². The topological polar surface area (TPSA) is 70.1 Å². The number of fused-ring (bicyclic) bond motifs is 1. The molecule has 4 rings (SSSR count). The van der Waals surface area contributed by atoms with E-state index in [2.05, 4.69) is 40.6 Å². The van der Waals surface area contributed by atoms with Crippen LogP contribution in [0.4, 0.5) is 0 Å². The second-order valence-corrected chi connectivity index (χ2v) is 6.87. The van der Waals surface area contributed by atoms with E-state index in [1.54, 1.807) is 6.21 Å². The molecule has 2 atom stereocenters. The predicted molar refractivity (Wildman–Crippen MR) is 98.7 cm³/mol. The second-order valence-electron chi connectivity index (χ2n) is 6.87. The number of carbonyl (C=O) groups is 1. The number of hydrogen-bond donors (Lipinski definition) is 2. The number of aromatic amines is 1. The monoisotopic (exact) mass is 332 g/mol. The minimum absolute atomic E-state index is 0.0619. The summed E-state index contributed by atoms with van der Waals surface area (Å²) in [5.74, 6) is 1.07. The highest BCUT2D eigenvalue weighted by Gasteiger charge is 2.31. The van der Waals surface area contributed by atoms with Crippen molar-refractivity contribution in [3.8, 4) is 0 Å². The number of nitrogens with zero attached hydrogens (tertiary/aromatic N) is 2. The van der Waals surface area contributed by atoms with Crippen molar-refractivity contribution in [1.29, 1.82) is 0 Å². The van der Waals surface area contributed by atoms with Crippen molar-refractivity contribution >= 4 is 23.2 Å². The summed E-state index contributed by atoms with van der Waals surface area (Å²) in [7, 11) is 0. The Morgan fingerprint density at radius 1 is 1.16 bits per heavy atom. The van der Waals surface area contributed by atoms with Crippen LogP contribution >= 0.6 is 0 Å². The summed E-state index contributed by atoms with van der Waals surface area (Å²) in [6.45, 7) is 4.17. The lowest BCUT2D eigenvalue weighted by molar-refractivity contribution is -0.122. The summed E-state index contributed by atoms with van der Waals surface area (Å²) in [4.78, 5) is 19.9. The van der Waals surface area contributed by atoms with Gasteiger partial charge in [-0.05, 0) is 30.2 Å². The van der Waals surface area contributed by atoms with Gasteiger partial charge in [0.05, 0.1) is 11.0 Å². The van der Waals surface area contributed by atoms with Gasteiger partial charge in [-0.3, -0.25) is 4.79 Å². The van der Waals surface area contributed by atoms with E-state index < -0.39 is 5.41 Å². The fourth-order valence-electron chi connectivity index (χ4n) is 3.33. The number of imidazole rings is 1. The summed E-state index contributed by atoms with van der Waals surface area (Å²) in [6, 6.07) is 16.4. The van der Waals surface area contributed by atoms with Crippen LogP contribution in [-0.2, 0) is 10.2 Å². The van der Waals surface area contributed by atoms with E-state index in [1.165, 1.54) is 5.56 Å². The van der Waals surface area contributed by atoms with E-state index in [0.29, 0.717) is 6.42 Å². The number of benzene rings is 2. The third kappa shape index (κ3) is 2.82. The molecule has 1 aliphatic heterocycles. The van der Waals surface area contributed by atoms with E-state index in [0.717, 1.165) is 22.4 Å². The van der Waals surface area contributed by atoms with Gasteiger partial charge in [0.25, 0.3) is 0 Å². The van der Waals surface area contributed by atoms with Crippen LogP contribution in [0.1, 0.15) is 43.1 Å². The normalized spacial score (nSPS) is 21.3. The van der Waals surface area contributed by atoms with Gasteiger partial charge in [-0.25, -0.2) is 10.4 Å².